The van der Waals surface area contributed by atoms with Crippen LogP contribution in [0.2, 0.25) is 0 Å². The fraction of sp³-hybridized carbons (Fsp3) is 0.231. The number of nitrogen functional groups attached to an aromatic ring is 1. The highest BCUT2D eigenvalue weighted by Crippen LogP contribution is 2.24. The third kappa shape index (κ3) is 3.04. The molecule has 0 saturated carbocycles. The van der Waals surface area contributed by atoms with Crippen LogP contribution in [0.5, 0.6) is 0 Å². The lowest BCUT2D eigenvalue weighted by Gasteiger charge is -2.18. The van der Waals surface area contributed by atoms with Gasteiger partial charge >= 0.3 is 0 Å². The van der Waals surface area contributed by atoms with Gasteiger partial charge in [-0.15, -0.1) is 0 Å². The highest BCUT2D eigenvalue weighted by Gasteiger charge is 2.13. The van der Waals surface area contributed by atoms with Gasteiger partial charge in [-0.05, 0) is 25.1 Å². The third-order valence-corrected chi connectivity index (χ3v) is 2.77. The molecule has 6 nitrogen and oxygen atoms in total. The molecule has 1 aromatic heterocycles. The Morgan fingerprint density at radius 2 is 2.26 bits per heavy atom. The smallest absolute Gasteiger partial charge is 0.250 e. The van der Waals surface area contributed by atoms with E-state index >= 15 is 0 Å². The van der Waals surface area contributed by atoms with E-state index in [1.54, 1.807) is 29.1 Å². The molecule has 0 aliphatic carbocycles. The molecular weight excluding hydrogens is 242 g/mol. The maximum atomic E-state index is 11.4. The summed E-state index contributed by atoms with van der Waals surface area (Å²) >= 11 is 0. The predicted molar refractivity (Wildman–Crippen MR) is 74.7 cm³/mol. The molecule has 2 aromatic rings. The summed E-state index contributed by atoms with van der Waals surface area (Å²) in [5, 5.41) is 7.34. The molecule has 6 heteroatoms. The van der Waals surface area contributed by atoms with Gasteiger partial charge < -0.3 is 16.8 Å². The van der Waals surface area contributed by atoms with Crippen molar-refractivity contribution < 1.29 is 4.79 Å². The SMILES string of the molecule is CC(Cn1cccn1)Nc1c(N)cccc1C(N)=O. The van der Waals surface area contributed by atoms with Gasteiger partial charge in [-0.3, -0.25) is 9.48 Å². The summed E-state index contributed by atoms with van der Waals surface area (Å²) in [6.07, 6.45) is 3.60. The van der Waals surface area contributed by atoms with Crippen LogP contribution in [0.25, 0.3) is 0 Å². The Bertz CT molecular complexity index is 564. The van der Waals surface area contributed by atoms with Crippen LogP contribution in [-0.2, 0) is 6.54 Å². The van der Waals surface area contributed by atoms with Crippen molar-refractivity contribution in [1.82, 2.24) is 9.78 Å². The van der Waals surface area contributed by atoms with E-state index in [-0.39, 0.29) is 6.04 Å². The summed E-state index contributed by atoms with van der Waals surface area (Å²) in [5.41, 5.74) is 12.7. The van der Waals surface area contributed by atoms with Gasteiger partial charge in [0.15, 0.2) is 0 Å². The molecule has 19 heavy (non-hydrogen) atoms. The second-order valence-corrected chi connectivity index (χ2v) is 4.41. The van der Waals surface area contributed by atoms with Crippen molar-refractivity contribution in [2.45, 2.75) is 19.5 Å². The second kappa shape index (κ2) is 5.43. The Balaban J connectivity index is 2.16. The van der Waals surface area contributed by atoms with Gasteiger partial charge in [0.25, 0.3) is 5.91 Å². The minimum atomic E-state index is -0.499. The van der Waals surface area contributed by atoms with Crippen LogP contribution in [0.15, 0.2) is 36.7 Å². The molecule has 1 heterocycles. The number of primary amides is 1. The summed E-state index contributed by atoms with van der Waals surface area (Å²) in [6, 6.07) is 7.01. The van der Waals surface area contributed by atoms with E-state index in [2.05, 4.69) is 10.4 Å². The van der Waals surface area contributed by atoms with Gasteiger partial charge in [0.05, 0.1) is 23.5 Å². The summed E-state index contributed by atoms with van der Waals surface area (Å²) in [6.45, 7) is 2.65. The fourth-order valence-electron chi connectivity index (χ4n) is 1.92. The molecule has 1 amide bonds. The topological polar surface area (TPSA) is 99.0 Å². The number of carbonyl (C=O) groups excluding carboxylic acids is 1. The minimum absolute atomic E-state index is 0.0581. The lowest BCUT2D eigenvalue weighted by Crippen LogP contribution is -2.25. The van der Waals surface area contributed by atoms with E-state index in [1.165, 1.54) is 0 Å². The maximum absolute atomic E-state index is 11.4. The highest BCUT2D eigenvalue weighted by molar-refractivity contribution is 6.01. The first-order chi connectivity index (χ1) is 9.08. The van der Waals surface area contributed by atoms with Gasteiger partial charge in [-0.1, -0.05) is 6.07 Å². The molecule has 100 valence electrons. The van der Waals surface area contributed by atoms with Gasteiger partial charge in [0.1, 0.15) is 0 Å². The highest BCUT2D eigenvalue weighted by atomic mass is 16.1. The lowest BCUT2D eigenvalue weighted by molar-refractivity contribution is 0.100. The van der Waals surface area contributed by atoms with Gasteiger partial charge in [0, 0.05) is 18.4 Å². The number of para-hydroxylation sites is 1. The molecule has 0 spiro atoms. The molecule has 0 aliphatic heterocycles. The zero-order chi connectivity index (χ0) is 13.8. The normalized spacial score (nSPS) is 12.1. The molecular formula is C13H17N5O. The molecule has 0 radical (unpaired) electrons. The van der Waals surface area contributed by atoms with Crippen molar-refractivity contribution in [2.24, 2.45) is 5.73 Å². The third-order valence-electron chi connectivity index (χ3n) is 2.77. The quantitative estimate of drug-likeness (QED) is 0.699. The number of benzene rings is 1. The molecule has 5 N–H and O–H groups in total. The fourth-order valence-corrected chi connectivity index (χ4v) is 1.92. The van der Waals surface area contributed by atoms with Crippen molar-refractivity contribution in [3.63, 3.8) is 0 Å². The first-order valence-electron chi connectivity index (χ1n) is 6.00. The average molecular weight is 259 g/mol. The summed E-state index contributed by atoms with van der Waals surface area (Å²) in [7, 11) is 0. The van der Waals surface area contributed by atoms with Crippen LogP contribution in [0.3, 0.4) is 0 Å². The van der Waals surface area contributed by atoms with Gasteiger partial charge in [-0.2, -0.15) is 5.10 Å². The van der Waals surface area contributed by atoms with Crippen molar-refractivity contribution in [1.29, 1.82) is 0 Å². The number of nitrogens with two attached hydrogens (primary N) is 2. The van der Waals surface area contributed by atoms with Crippen molar-refractivity contribution in [2.75, 3.05) is 11.1 Å². The molecule has 2 rings (SSSR count). The first kappa shape index (κ1) is 12.9. The van der Waals surface area contributed by atoms with Crippen LogP contribution >= 0.6 is 0 Å². The molecule has 1 unspecified atom stereocenters. The minimum Gasteiger partial charge on any atom is -0.397 e. The standard InChI is InChI=1S/C13H17N5O/c1-9(8-18-7-3-6-16-18)17-12-10(13(15)19)4-2-5-11(12)14/h2-7,9,17H,8,14H2,1H3,(H2,15,19). The van der Waals surface area contributed by atoms with E-state index < -0.39 is 5.91 Å². The molecule has 1 atom stereocenters. The Morgan fingerprint density at radius 1 is 1.47 bits per heavy atom. The van der Waals surface area contributed by atoms with Crippen LogP contribution in [0, 0.1) is 0 Å². The number of nitrogens with zero attached hydrogens (tertiary/aromatic N) is 2. The van der Waals surface area contributed by atoms with Gasteiger partial charge in [-0.25, -0.2) is 0 Å². The number of nitrogens with one attached hydrogen (secondary N) is 1. The maximum Gasteiger partial charge on any atom is 0.250 e. The zero-order valence-corrected chi connectivity index (χ0v) is 10.7. The number of aromatic nitrogens is 2. The number of hydrogen-bond donors (Lipinski definition) is 3. The summed E-state index contributed by atoms with van der Waals surface area (Å²) in [4.78, 5) is 11.4. The van der Waals surface area contributed by atoms with Crippen molar-refractivity contribution in [3.05, 3.63) is 42.2 Å². The van der Waals surface area contributed by atoms with Crippen LogP contribution < -0.4 is 16.8 Å². The van der Waals surface area contributed by atoms with Crippen LogP contribution in [-0.4, -0.2) is 21.7 Å². The van der Waals surface area contributed by atoms with Crippen LogP contribution in [0.1, 0.15) is 17.3 Å². The largest absolute Gasteiger partial charge is 0.397 e. The van der Waals surface area contributed by atoms with E-state index in [9.17, 15) is 4.79 Å². The van der Waals surface area contributed by atoms with E-state index in [4.69, 9.17) is 11.5 Å². The van der Waals surface area contributed by atoms with Crippen LogP contribution in [0.4, 0.5) is 11.4 Å². The van der Waals surface area contributed by atoms with Crippen molar-refractivity contribution in [3.8, 4) is 0 Å². The van der Waals surface area contributed by atoms with E-state index in [0.29, 0.717) is 23.5 Å². The first-order valence-corrected chi connectivity index (χ1v) is 6.00. The number of anilines is 2. The Labute approximate surface area is 111 Å². The second-order valence-electron chi connectivity index (χ2n) is 4.41. The number of carbonyl (C=O) groups is 1. The molecule has 0 bridgehead atoms. The molecule has 0 saturated heterocycles. The molecule has 1 aromatic carbocycles. The zero-order valence-electron chi connectivity index (χ0n) is 10.7. The lowest BCUT2D eigenvalue weighted by atomic mass is 10.1. The number of rotatable bonds is 5. The Hall–Kier alpha value is -2.50. The molecule has 0 aliphatic rings. The van der Waals surface area contributed by atoms with Crippen molar-refractivity contribution >= 4 is 17.3 Å². The number of hydrogen-bond acceptors (Lipinski definition) is 4. The predicted octanol–water partition coefficient (Wildman–Crippen LogP) is 1.06. The molecule has 0 fully saturated rings. The monoisotopic (exact) mass is 259 g/mol. The van der Waals surface area contributed by atoms with E-state index in [0.717, 1.165) is 0 Å². The average Bonchev–Trinajstić information content (AvgIpc) is 2.84. The Kier molecular flexibility index (Phi) is 3.70. The summed E-state index contributed by atoms with van der Waals surface area (Å²) < 4.78 is 1.81. The van der Waals surface area contributed by atoms with E-state index in [1.807, 2.05) is 19.2 Å². The number of amides is 1. The van der Waals surface area contributed by atoms with Gasteiger partial charge in [0.2, 0.25) is 0 Å². The Morgan fingerprint density at radius 3 is 2.89 bits per heavy atom. The summed E-state index contributed by atoms with van der Waals surface area (Å²) in [5.74, 6) is -0.499.